The predicted octanol–water partition coefficient (Wildman–Crippen LogP) is 0.818. The molecule has 14 heavy (non-hydrogen) atoms. The number of carbonyl (C=O) groups is 2. The highest BCUT2D eigenvalue weighted by molar-refractivity contribution is 5.97. The molecule has 5 nitrogen and oxygen atoms in total. The lowest BCUT2D eigenvalue weighted by Gasteiger charge is -2.15. The van der Waals surface area contributed by atoms with Gasteiger partial charge in [-0.25, -0.2) is 9.59 Å². The summed E-state index contributed by atoms with van der Waals surface area (Å²) in [6.07, 6.45) is -1.15. The predicted molar refractivity (Wildman–Crippen MR) is 48.9 cm³/mol. The molecule has 0 saturated heterocycles. The van der Waals surface area contributed by atoms with Crippen LogP contribution in [-0.4, -0.2) is 35.9 Å². The fourth-order valence-electron chi connectivity index (χ4n) is 0.750. The molecule has 0 radical (unpaired) electrons. The van der Waals surface area contributed by atoms with Gasteiger partial charge in [0, 0.05) is 6.61 Å². The summed E-state index contributed by atoms with van der Waals surface area (Å²) in [4.78, 5) is 21.8. The number of ether oxygens (including phenoxy) is 2. The van der Waals surface area contributed by atoms with E-state index in [0.29, 0.717) is 6.42 Å². The molecule has 0 saturated carbocycles. The van der Waals surface area contributed by atoms with Gasteiger partial charge in [-0.2, -0.15) is 0 Å². The van der Waals surface area contributed by atoms with Crippen molar-refractivity contribution < 1.29 is 24.2 Å². The van der Waals surface area contributed by atoms with E-state index in [1.54, 1.807) is 13.8 Å². The zero-order valence-corrected chi connectivity index (χ0v) is 8.65. The molecule has 0 aliphatic carbocycles. The number of hydrogen-bond donors (Lipinski definition) is 1. The zero-order chi connectivity index (χ0) is 11.1. The summed E-state index contributed by atoms with van der Waals surface area (Å²) in [6.45, 7) is 5.32. The summed E-state index contributed by atoms with van der Waals surface area (Å²) < 4.78 is 9.57. The summed E-state index contributed by atoms with van der Waals surface area (Å²) in [5.74, 6) is -2.16. The molecule has 0 aromatic carbocycles. The molecule has 2 atom stereocenters. The average Bonchev–Trinajstić information content (AvgIpc) is 2.13. The molecular formula is C9H16O5. The van der Waals surface area contributed by atoms with Gasteiger partial charge >= 0.3 is 11.9 Å². The van der Waals surface area contributed by atoms with Crippen LogP contribution in [0.5, 0.6) is 0 Å². The van der Waals surface area contributed by atoms with Gasteiger partial charge in [0.05, 0.1) is 6.10 Å². The summed E-state index contributed by atoms with van der Waals surface area (Å²) in [6, 6.07) is 0. The number of carboxylic acid groups (broad SMARTS) is 1. The Balaban J connectivity index is 4.22. The summed E-state index contributed by atoms with van der Waals surface area (Å²) in [5, 5.41) is 8.63. The average molecular weight is 204 g/mol. The summed E-state index contributed by atoms with van der Waals surface area (Å²) >= 11 is 0. The van der Waals surface area contributed by atoms with Crippen molar-refractivity contribution in [2.75, 3.05) is 6.61 Å². The molecule has 0 aromatic heterocycles. The lowest BCUT2D eigenvalue weighted by atomic mass is 10.3. The van der Waals surface area contributed by atoms with Crippen LogP contribution in [0.15, 0.2) is 0 Å². The van der Waals surface area contributed by atoms with Crippen LogP contribution in [-0.2, 0) is 19.1 Å². The van der Waals surface area contributed by atoms with Gasteiger partial charge in [-0.1, -0.05) is 6.92 Å². The molecule has 1 N–H and O–H groups in total. The first kappa shape index (κ1) is 12.9. The van der Waals surface area contributed by atoms with Crippen molar-refractivity contribution in [2.24, 2.45) is 0 Å². The Kier molecular flexibility index (Phi) is 5.87. The Bertz CT molecular complexity index is 201. The third kappa shape index (κ3) is 4.23. The largest absolute Gasteiger partial charge is 0.479 e. The quantitative estimate of drug-likeness (QED) is 0.512. The van der Waals surface area contributed by atoms with Crippen molar-refractivity contribution in [1.82, 2.24) is 0 Å². The van der Waals surface area contributed by atoms with Crippen LogP contribution in [0, 0.1) is 0 Å². The fourth-order valence-corrected chi connectivity index (χ4v) is 0.750. The van der Waals surface area contributed by atoms with Crippen molar-refractivity contribution >= 4 is 11.9 Å². The van der Waals surface area contributed by atoms with Crippen molar-refractivity contribution in [3.8, 4) is 0 Å². The maximum absolute atomic E-state index is 11.2. The van der Waals surface area contributed by atoms with E-state index in [0.717, 1.165) is 0 Å². The summed E-state index contributed by atoms with van der Waals surface area (Å²) in [5.41, 5.74) is 0. The van der Waals surface area contributed by atoms with E-state index in [-0.39, 0.29) is 12.7 Å². The molecular weight excluding hydrogens is 188 g/mol. The van der Waals surface area contributed by atoms with Crippen LogP contribution < -0.4 is 0 Å². The number of carboxylic acids is 1. The van der Waals surface area contributed by atoms with E-state index in [1.165, 1.54) is 0 Å². The number of aliphatic carboxylic acids is 1. The summed E-state index contributed by atoms with van der Waals surface area (Å²) in [7, 11) is 0. The fraction of sp³-hybridized carbons (Fsp3) is 0.778. The van der Waals surface area contributed by atoms with Crippen molar-refractivity contribution in [2.45, 2.75) is 39.4 Å². The minimum absolute atomic E-state index is 0.159. The molecule has 2 unspecified atom stereocenters. The number of esters is 1. The highest BCUT2D eigenvalue weighted by atomic mass is 16.6. The lowest BCUT2D eigenvalue weighted by molar-refractivity contribution is -0.172. The molecule has 0 aliphatic rings. The Labute approximate surface area is 83.0 Å². The van der Waals surface area contributed by atoms with E-state index in [2.05, 4.69) is 0 Å². The van der Waals surface area contributed by atoms with Crippen LogP contribution >= 0.6 is 0 Å². The number of rotatable bonds is 6. The van der Waals surface area contributed by atoms with E-state index in [9.17, 15) is 9.59 Å². The monoisotopic (exact) mass is 204 g/mol. The lowest BCUT2D eigenvalue weighted by Crippen LogP contribution is -2.36. The van der Waals surface area contributed by atoms with Gasteiger partial charge in [0.15, 0.2) is 0 Å². The molecule has 0 heterocycles. The molecule has 0 rings (SSSR count). The molecule has 0 bridgehead atoms. The highest BCUT2D eigenvalue weighted by Crippen LogP contribution is 2.02. The van der Waals surface area contributed by atoms with Crippen molar-refractivity contribution in [3.63, 3.8) is 0 Å². The minimum atomic E-state index is -1.51. The number of carbonyl (C=O) groups excluding carboxylic acids is 1. The second kappa shape index (κ2) is 6.37. The second-order valence-electron chi connectivity index (χ2n) is 2.83. The van der Waals surface area contributed by atoms with Crippen LogP contribution in [0.25, 0.3) is 0 Å². The van der Waals surface area contributed by atoms with Gasteiger partial charge in [-0.3, -0.25) is 0 Å². The zero-order valence-electron chi connectivity index (χ0n) is 8.65. The Morgan fingerprint density at radius 2 is 1.93 bits per heavy atom. The molecule has 0 fully saturated rings. The van der Waals surface area contributed by atoms with Gasteiger partial charge in [0.25, 0.3) is 6.10 Å². The van der Waals surface area contributed by atoms with Crippen LogP contribution in [0.3, 0.4) is 0 Å². The molecule has 82 valence electrons. The molecule has 0 aromatic rings. The Morgan fingerprint density at radius 1 is 1.36 bits per heavy atom. The van der Waals surface area contributed by atoms with E-state index in [1.807, 2.05) is 6.92 Å². The van der Waals surface area contributed by atoms with Gasteiger partial charge in [0.2, 0.25) is 0 Å². The Hall–Kier alpha value is -1.10. The molecule has 5 heteroatoms. The topological polar surface area (TPSA) is 72.8 Å². The molecule has 0 amide bonds. The maximum Gasteiger partial charge on any atom is 0.347 e. The van der Waals surface area contributed by atoms with Crippen LogP contribution in [0.4, 0.5) is 0 Å². The third-order valence-corrected chi connectivity index (χ3v) is 1.66. The van der Waals surface area contributed by atoms with Crippen LogP contribution in [0.1, 0.15) is 27.2 Å². The second-order valence-corrected chi connectivity index (χ2v) is 2.83. The van der Waals surface area contributed by atoms with Crippen molar-refractivity contribution in [3.05, 3.63) is 0 Å². The molecule has 0 aliphatic heterocycles. The minimum Gasteiger partial charge on any atom is -0.479 e. The Morgan fingerprint density at radius 3 is 2.29 bits per heavy atom. The molecule has 0 spiro atoms. The maximum atomic E-state index is 11.2. The highest BCUT2D eigenvalue weighted by Gasteiger charge is 2.29. The first-order valence-electron chi connectivity index (χ1n) is 4.57. The number of hydrogen-bond acceptors (Lipinski definition) is 4. The standard InChI is InChI=1S/C9H16O5/c1-4-6(3)14-9(12)7(8(10)11)13-5-2/h6-7H,4-5H2,1-3H3,(H,10,11). The van der Waals surface area contributed by atoms with Gasteiger partial charge in [-0.15, -0.1) is 0 Å². The van der Waals surface area contributed by atoms with E-state index >= 15 is 0 Å². The van der Waals surface area contributed by atoms with Gasteiger partial charge < -0.3 is 14.6 Å². The third-order valence-electron chi connectivity index (χ3n) is 1.66. The first-order chi connectivity index (χ1) is 6.52. The van der Waals surface area contributed by atoms with Gasteiger partial charge in [-0.05, 0) is 20.3 Å². The van der Waals surface area contributed by atoms with E-state index < -0.39 is 18.0 Å². The SMILES string of the molecule is CCOC(C(=O)O)C(=O)OC(C)CC. The van der Waals surface area contributed by atoms with Crippen molar-refractivity contribution in [1.29, 1.82) is 0 Å². The first-order valence-corrected chi connectivity index (χ1v) is 4.57. The van der Waals surface area contributed by atoms with Crippen LogP contribution in [0.2, 0.25) is 0 Å². The smallest absolute Gasteiger partial charge is 0.347 e. The van der Waals surface area contributed by atoms with Gasteiger partial charge in [0.1, 0.15) is 0 Å². The normalized spacial score (nSPS) is 14.5. The van der Waals surface area contributed by atoms with E-state index in [4.69, 9.17) is 14.6 Å².